The summed E-state index contributed by atoms with van der Waals surface area (Å²) in [4.78, 5) is 0. The van der Waals surface area contributed by atoms with Gasteiger partial charge in [0, 0.05) is 92.6 Å². The van der Waals surface area contributed by atoms with Crippen molar-refractivity contribution in [3.8, 4) is 46.0 Å². The summed E-state index contributed by atoms with van der Waals surface area (Å²) >= 11 is 28.6. The van der Waals surface area contributed by atoms with Crippen molar-refractivity contribution in [2.75, 3.05) is 95.5 Å². The van der Waals surface area contributed by atoms with Crippen molar-refractivity contribution in [2.45, 2.75) is 25.7 Å². The number of hydrogen-bond acceptors (Lipinski definition) is 8. The Morgan fingerprint density at radius 2 is 0.367 bits per heavy atom. The number of fused-ring (bicyclic) bond motifs is 8. The van der Waals surface area contributed by atoms with Crippen molar-refractivity contribution < 1.29 is 37.9 Å². The Kier molecular flexibility index (Phi) is 22.9. The molecule has 0 saturated heterocycles. The van der Waals surface area contributed by atoms with Gasteiger partial charge in [-0.25, -0.2) is 0 Å². The van der Waals surface area contributed by atoms with Crippen molar-refractivity contribution in [3.05, 3.63) is 93.0 Å². The van der Waals surface area contributed by atoms with Gasteiger partial charge in [0.25, 0.3) is 0 Å². The van der Waals surface area contributed by atoms with Crippen LogP contribution in [-0.4, -0.2) is 95.5 Å². The van der Waals surface area contributed by atoms with Crippen molar-refractivity contribution in [1.82, 2.24) is 0 Å². The minimum atomic E-state index is 0.486. The zero-order chi connectivity index (χ0) is 42.7. The molecule has 0 heterocycles. The second kappa shape index (κ2) is 27.4. The molecule has 0 aromatic heterocycles. The molecule has 0 spiro atoms. The second-order valence-corrected chi connectivity index (χ2v) is 19.6. The predicted octanol–water partition coefficient (Wildman–Crippen LogP) is 12.6. The molecule has 0 unspecified atom stereocenters. The molecule has 0 radical (unpaired) electrons. The molecule has 1 aliphatic rings. The van der Waals surface area contributed by atoms with E-state index in [4.69, 9.17) is 37.9 Å². The molecule has 0 atom stereocenters. The summed E-state index contributed by atoms with van der Waals surface area (Å²) in [5.41, 5.74) is 8.04. The summed E-state index contributed by atoms with van der Waals surface area (Å²) in [5, 5.41) is 5.42. The first kappa shape index (κ1) is 50.1. The van der Waals surface area contributed by atoms with E-state index in [2.05, 4.69) is 152 Å². The average molecular weight is 1340 g/mol. The number of halogens is 8. The molecule has 1 aliphatic carbocycles. The summed E-state index contributed by atoms with van der Waals surface area (Å²) < 4.78 is 51.6. The summed E-state index contributed by atoms with van der Waals surface area (Å²) in [7, 11) is 0. The molecule has 8 nitrogen and oxygen atoms in total. The molecular weight excluding hydrogens is 1300 g/mol. The van der Waals surface area contributed by atoms with E-state index in [0.29, 0.717) is 121 Å². The van der Waals surface area contributed by atoms with Gasteiger partial charge in [-0.1, -0.05) is 127 Å². The van der Waals surface area contributed by atoms with Crippen LogP contribution in [0.1, 0.15) is 44.5 Å². The standard InChI is InChI=1S/C44H48Br8O8/c45-1-9-53-37-25-38(54-10-2-46)30-17-29(37)21-31-18-32(40(56-12-4-48)26-39(31)55-11-3-47)23-35-20-36(44(60-16-8-52)28-43(35)59-15-7-51)24-34-19-33(22-30)41(57-13-5-49)27-42(34)58-14-6-50/h17-20,25-28H,1-16,21-24H2. The zero-order valence-corrected chi connectivity index (χ0v) is 45.7. The fourth-order valence-electron chi connectivity index (χ4n) is 6.82. The third-order valence-electron chi connectivity index (χ3n) is 9.18. The van der Waals surface area contributed by atoms with Gasteiger partial charge >= 0.3 is 0 Å². The Hall–Kier alpha value is -0.880. The lowest BCUT2D eigenvalue weighted by molar-refractivity contribution is 0.319. The Morgan fingerprint density at radius 1 is 0.233 bits per heavy atom. The van der Waals surface area contributed by atoms with Gasteiger partial charge in [0.2, 0.25) is 0 Å². The topological polar surface area (TPSA) is 73.8 Å². The first-order chi connectivity index (χ1) is 29.4. The van der Waals surface area contributed by atoms with E-state index in [0.717, 1.165) is 90.5 Å². The number of alkyl halides is 8. The fourth-order valence-corrected chi connectivity index (χ4v) is 8.11. The molecule has 60 heavy (non-hydrogen) atoms. The third-order valence-corrected chi connectivity index (χ3v) is 11.8. The Bertz CT molecular complexity index is 1570. The van der Waals surface area contributed by atoms with Crippen LogP contribution in [0.5, 0.6) is 46.0 Å². The lowest BCUT2D eigenvalue weighted by atomic mass is 9.91. The van der Waals surface area contributed by atoms with Gasteiger partial charge in [-0.15, -0.1) is 0 Å². The van der Waals surface area contributed by atoms with Gasteiger partial charge in [-0.2, -0.15) is 0 Å². The number of ether oxygens (including phenoxy) is 8. The molecule has 328 valence electrons. The van der Waals surface area contributed by atoms with Crippen LogP contribution >= 0.6 is 127 Å². The van der Waals surface area contributed by atoms with E-state index in [1.165, 1.54) is 0 Å². The highest BCUT2D eigenvalue weighted by atomic mass is 79.9. The highest BCUT2D eigenvalue weighted by molar-refractivity contribution is 9.10. The van der Waals surface area contributed by atoms with Crippen LogP contribution in [0.2, 0.25) is 0 Å². The molecule has 0 aliphatic heterocycles. The molecule has 8 bridgehead atoms. The molecule has 0 amide bonds. The fraction of sp³-hybridized carbons (Fsp3) is 0.455. The Labute approximate surface area is 421 Å². The SMILES string of the molecule is BrCCOc1cc(OCCBr)c2cc1Cc1cc(c(OCCBr)cc1OCCBr)Cc1cc(c(OCCBr)cc1OCCBr)Cc1cc(c(OCCBr)cc1OCCBr)C2. The van der Waals surface area contributed by atoms with Crippen LogP contribution in [0.25, 0.3) is 0 Å². The van der Waals surface area contributed by atoms with Crippen molar-refractivity contribution in [1.29, 1.82) is 0 Å². The normalized spacial score (nSPS) is 12.1. The Morgan fingerprint density at radius 3 is 0.483 bits per heavy atom. The van der Waals surface area contributed by atoms with E-state index in [1.807, 2.05) is 24.3 Å². The van der Waals surface area contributed by atoms with Gasteiger partial charge in [0.05, 0.1) is 52.9 Å². The number of hydrogen-bond donors (Lipinski definition) is 0. The van der Waals surface area contributed by atoms with Gasteiger partial charge in [0.1, 0.15) is 46.0 Å². The largest absolute Gasteiger partial charge is 0.492 e. The molecule has 16 heteroatoms. The van der Waals surface area contributed by atoms with Gasteiger partial charge in [-0.3, -0.25) is 0 Å². The third kappa shape index (κ3) is 14.6. The number of rotatable bonds is 24. The summed E-state index contributed by atoms with van der Waals surface area (Å²) in [6.45, 7) is 3.89. The molecule has 0 fully saturated rings. The molecule has 4 aromatic carbocycles. The first-order valence-corrected chi connectivity index (χ1v) is 28.5. The monoisotopic (exact) mass is 1340 g/mol. The van der Waals surface area contributed by atoms with E-state index < -0.39 is 0 Å². The van der Waals surface area contributed by atoms with Crippen molar-refractivity contribution in [3.63, 3.8) is 0 Å². The van der Waals surface area contributed by atoms with E-state index >= 15 is 0 Å². The zero-order valence-electron chi connectivity index (χ0n) is 33.1. The molecule has 5 rings (SSSR count). The quantitative estimate of drug-likeness (QED) is 0.0566. The van der Waals surface area contributed by atoms with E-state index in [9.17, 15) is 0 Å². The second-order valence-electron chi connectivity index (χ2n) is 13.3. The highest BCUT2D eigenvalue weighted by Crippen LogP contribution is 2.42. The van der Waals surface area contributed by atoms with Crippen molar-refractivity contribution >= 4 is 127 Å². The van der Waals surface area contributed by atoms with E-state index in [1.54, 1.807) is 0 Å². The highest BCUT2D eigenvalue weighted by Gasteiger charge is 2.24. The molecular formula is C44H48Br8O8. The smallest absolute Gasteiger partial charge is 0.126 e. The maximum atomic E-state index is 6.46. The first-order valence-electron chi connectivity index (χ1n) is 19.5. The van der Waals surface area contributed by atoms with Gasteiger partial charge < -0.3 is 37.9 Å². The maximum Gasteiger partial charge on any atom is 0.126 e. The van der Waals surface area contributed by atoms with Gasteiger partial charge in [0.15, 0.2) is 0 Å². The van der Waals surface area contributed by atoms with Crippen LogP contribution in [0, 0.1) is 0 Å². The average Bonchev–Trinajstić information content (AvgIpc) is 3.25. The number of benzene rings is 4. The lowest BCUT2D eigenvalue weighted by Crippen LogP contribution is -2.11. The van der Waals surface area contributed by atoms with E-state index in [-0.39, 0.29) is 0 Å². The van der Waals surface area contributed by atoms with Crippen molar-refractivity contribution in [2.24, 2.45) is 0 Å². The lowest BCUT2D eigenvalue weighted by Gasteiger charge is -2.23. The minimum absolute atomic E-state index is 0.486. The summed E-state index contributed by atoms with van der Waals surface area (Å²) in [6.07, 6.45) is 2.12. The summed E-state index contributed by atoms with van der Waals surface area (Å²) in [5.74, 6) is 6.00. The van der Waals surface area contributed by atoms with Crippen LogP contribution < -0.4 is 37.9 Å². The van der Waals surface area contributed by atoms with Gasteiger partial charge in [-0.05, 0) is 68.8 Å². The predicted molar refractivity (Wildman–Crippen MR) is 271 cm³/mol. The summed E-state index contributed by atoms with van der Waals surface area (Å²) in [6, 6.07) is 17.0. The van der Waals surface area contributed by atoms with Crippen LogP contribution in [0.15, 0.2) is 48.5 Å². The molecule has 0 N–H and O–H groups in total. The minimum Gasteiger partial charge on any atom is -0.492 e. The van der Waals surface area contributed by atoms with Crippen LogP contribution in [0.4, 0.5) is 0 Å². The Balaban J connectivity index is 1.86. The molecule has 4 aromatic rings. The molecule has 0 saturated carbocycles. The maximum absolute atomic E-state index is 6.46. The van der Waals surface area contributed by atoms with Crippen LogP contribution in [0.3, 0.4) is 0 Å². The van der Waals surface area contributed by atoms with Crippen LogP contribution in [-0.2, 0) is 25.7 Å².